The molecule has 0 spiro atoms. The molecule has 6 rings (SSSR count). The maximum atomic E-state index is 13.5. The highest BCUT2D eigenvalue weighted by Crippen LogP contribution is 2.30. The second-order valence-electron chi connectivity index (χ2n) is 11.0. The van der Waals surface area contributed by atoms with Crippen molar-refractivity contribution in [2.24, 2.45) is 0 Å². The first-order valence-electron chi connectivity index (χ1n) is 14.2. The summed E-state index contributed by atoms with van der Waals surface area (Å²) in [5, 5.41) is 4.71. The number of benzene rings is 3. The van der Waals surface area contributed by atoms with Crippen molar-refractivity contribution in [2.75, 3.05) is 26.2 Å². The van der Waals surface area contributed by atoms with Gasteiger partial charge < -0.3 is 14.8 Å². The average Bonchev–Trinajstić information content (AvgIpc) is 3.51. The number of halogens is 1. The molecule has 1 N–H and O–H groups in total. The molecule has 3 amide bonds. The Hall–Kier alpha value is -3.61. The fourth-order valence-corrected chi connectivity index (χ4v) is 6.47. The molecule has 2 aliphatic heterocycles. The van der Waals surface area contributed by atoms with Gasteiger partial charge in [-0.2, -0.15) is 0 Å². The number of carbonyl (C=O) groups excluding carboxylic acids is 2. The van der Waals surface area contributed by atoms with Crippen molar-refractivity contribution in [3.8, 4) is 0 Å². The van der Waals surface area contributed by atoms with E-state index in [1.54, 1.807) is 0 Å². The van der Waals surface area contributed by atoms with Crippen molar-refractivity contribution in [3.05, 3.63) is 107 Å². The van der Waals surface area contributed by atoms with E-state index in [4.69, 9.17) is 11.6 Å². The molecule has 2 saturated heterocycles. The number of imide groups is 1. The van der Waals surface area contributed by atoms with Gasteiger partial charge >= 0.3 is 6.03 Å². The molecule has 0 unspecified atom stereocenters. The van der Waals surface area contributed by atoms with Crippen LogP contribution in [0.15, 0.2) is 91.1 Å². The average molecular weight is 555 g/mol. The molecule has 4 aromatic rings. The van der Waals surface area contributed by atoms with Gasteiger partial charge in [-0.1, -0.05) is 72.3 Å². The summed E-state index contributed by atoms with van der Waals surface area (Å²) in [5.74, 6) is 0.450. The lowest BCUT2D eigenvalue weighted by Gasteiger charge is -2.33. The normalized spacial score (nSPS) is 19.3. The number of piperidine rings is 1. The number of nitrogens with zero attached hydrogens (tertiary/aromatic N) is 3. The molecular weight excluding hydrogens is 520 g/mol. The highest BCUT2D eigenvalue weighted by molar-refractivity contribution is 6.30. The predicted octanol–water partition coefficient (Wildman–Crippen LogP) is 6.27. The minimum Gasteiger partial charge on any atom is -0.345 e. The Morgan fingerprint density at radius 3 is 2.48 bits per heavy atom. The Morgan fingerprint density at radius 2 is 1.68 bits per heavy atom. The van der Waals surface area contributed by atoms with E-state index >= 15 is 0 Å². The van der Waals surface area contributed by atoms with Crippen molar-refractivity contribution >= 4 is 34.4 Å². The van der Waals surface area contributed by atoms with Crippen LogP contribution in [0.5, 0.6) is 0 Å². The zero-order valence-corrected chi connectivity index (χ0v) is 23.3. The lowest BCUT2D eigenvalue weighted by molar-refractivity contribution is -0.127. The lowest BCUT2D eigenvalue weighted by atomic mass is 9.89. The first-order chi connectivity index (χ1) is 19.5. The van der Waals surface area contributed by atoms with E-state index < -0.39 is 6.04 Å². The number of rotatable bonds is 9. The SMILES string of the molecule is O=C1N[C@H](Cn2ccc3ccccc32)C(=O)N1C[C@H](CCN1CCC(c2ccccc2)CC1)c1cccc(Cl)c1. The van der Waals surface area contributed by atoms with E-state index in [2.05, 4.69) is 46.6 Å². The Labute approximate surface area is 240 Å². The van der Waals surface area contributed by atoms with Crippen LogP contribution in [-0.2, 0) is 11.3 Å². The molecule has 3 aromatic carbocycles. The molecule has 0 radical (unpaired) electrons. The standard InChI is InChI=1S/C33H35ClN4O2/c34-29-11-6-10-27(21-29)28(15-19-36-17-13-25(14-18-36)24-7-2-1-3-8-24)22-38-32(39)30(35-33(38)40)23-37-20-16-26-9-4-5-12-31(26)37/h1-12,16,20-21,25,28,30H,13-15,17-19,22-23H2,(H,35,40)/t28-,30+/m0/s1. The van der Waals surface area contributed by atoms with Gasteiger partial charge in [0.2, 0.25) is 0 Å². The third-order valence-electron chi connectivity index (χ3n) is 8.54. The highest BCUT2D eigenvalue weighted by Gasteiger charge is 2.39. The Kier molecular flexibility index (Phi) is 7.89. The number of nitrogens with one attached hydrogen (secondary N) is 1. The third kappa shape index (κ3) is 5.79. The second-order valence-corrected chi connectivity index (χ2v) is 11.5. The number of para-hydroxylation sites is 1. The van der Waals surface area contributed by atoms with E-state index in [9.17, 15) is 9.59 Å². The Bertz CT molecular complexity index is 1480. The molecule has 0 aliphatic carbocycles. The summed E-state index contributed by atoms with van der Waals surface area (Å²) in [6.45, 7) is 3.78. The van der Waals surface area contributed by atoms with Gasteiger partial charge in [-0.25, -0.2) is 4.79 Å². The summed E-state index contributed by atoms with van der Waals surface area (Å²) < 4.78 is 2.04. The monoisotopic (exact) mass is 554 g/mol. The Balaban J connectivity index is 1.12. The molecule has 0 saturated carbocycles. The summed E-state index contributed by atoms with van der Waals surface area (Å²) in [6.07, 6.45) is 5.12. The molecule has 3 heterocycles. The minimum atomic E-state index is -0.583. The van der Waals surface area contributed by atoms with Crippen molar-refractivity contribution in [1.82, 2.24) is 19.7 Å². The maximum Gasteiger partial charge on any atom is 0.324 e. The zero-order valence-electron chi connectivity index (χ0n) is 22.6. The molecule has 40 heavy (non-hydrogen) atoms. The van der Waals surface area contributed by atoms with E-state index in [0.29, 0.717) is 24.0 Å². The number of fused-ring (bicyclic) bond motifs is 1. The van der Waals surface area contributed by atoms with Crippen LogP contribution in [0.3, 0.4) is 0 Å². The van der Waals surface area contributed by atoms with E-state index in [1.807, 2.05) is 59.3 Å². The van der Waals surface area contributed by atoms with Gasteiger partial charge in [-0.05, 0) is 85.6 Å². The smallest absolute Gasteiger partial charge is 0.324 e. The van der Waals surface area contributed by atoms with Gasteiger partial charge in [0.15, 0.2) is 0 Å². The molecule has 2 atom stereocenters. The quantitative estimate of drug-likeness (QED) is 0.248. The maximum absolute atomic E-state index is 13.5. The van der Waals surface area contributed by atoms with Crippen molar-refractivity contribution < 1.29 is 9.59 Å². The molecule has 1 aromatic heterocycles. The third-order valence-corrected chi connectivity index (χ3v) is 8.78. The fourth-order valence-electron chi connectivity index (χ4n) is 6.27. The molecule has 0 bridgehead atoms. The summed E-state index contributed by atoms with van der Waals surface area (Å²) in [7, 11) is 0. The molecule has 6 nitrogen and oxygen atoms in total. The summed E-state index contributed by atoms with van der Waals surface area (Å²) >= 11 is 6.36. The molecule has 7 heteroatoms. The van der Waals surface area contributed by atoms with Crippen molar-refractivity contribution in [2.45, 2.75) is 43.7 Å². The van der Waals surface area contributed by atoms with E-state index in [1.165, 1.54) is 10.5 Å². The number of hydrogen-bond acceptors (Lipinski definition) is 3. The van der Waals surface area contributed by atoms with Crippen LogP contribution in [0.4, 0.5) is 4.79 Å². The van der Waals surface area contributed by atoms with Crippen LogP contribution in [0.1, 0.15) is 42.2 Å². The Morgan fingerprint density at radius 1 is 0.900 bits per heavy atom. The van der Waals surface area contributed by atoms with Crippen LogP contribution < -0.4 is 5.32 Å². The number of urea groups is 1. The molecule has 2 fully saturated rings. The van der Waals surface area contributed by atoms with E-state index in [-0.39, 0.29) is 17.9 Å². The van der Waals surface area contributed by atoms with Crippen LogP contribution in [0.2, 0.25) is 5.02 Å². The van der Waals surface area contributed by atoms with Crippen molar-refractivity contribution in [3.63, 3.8) is 0 Å². The number of hydrogen-bond donors (Lipinski definition) is 1. The number of likely N-dealkylation sites (tertiary alicyclic amines) is 1. The van der Waals surface area contributed by atoms with Gasteiger partial charge in [0.1, 0.15) is 6.04 Å². The topological polar surface area (TPSA) is 57.6 Å². The molecule has 206 valence electrons. The van der Waals surface area contributed by atoms with Crippen molar-refractivity contribution in [1.29, 1.82) is 0 Å². The number of aromatic nitrogens is 1. The summed E-state index contributed by atoms with van der Waals surface area (Å²) in [4.78, 5) is 30.5. The zero-order chi connectivity index (χ0) is 27.5. The number of carbonyl (C=O) groups is 2. The second kappa shape index (κ2) is 11.9. The van der Waals surface area contributed by atoms with E-state index in [0.717, 1.165) is 55.4 Å². The first-order valence-corrected chi connectivity index (χ1v) is 14.6. The highest BCUT2D eigenvalue weighted by atomic mass is 35.5. The molecule has 2 aliphatic rings. The summed E-state index contributed by atoms with van der Waals surface area (Å²) in [5.41, 5.74) is 3.54. The number of amides is 3. The summed E-state index contributed by atoms with van der Waals surface area (Å²) in [6, 6.07) is 27.8. The molecular formula is C33H35ClN4O2. The van der Waals surface area contributed by atoms with Gasteiger partial charge in [0, 0.05) is 29.2 Å². The lowest BCUT2D eigenvalue weighted by Crippen LogP contribution is -2.38. The van der Waals surface area contributed by atoms with Crippen LogP contribution in [0.25, 0.3) is 10.9 Å². The predicted molar refractivity (Wildman–Crippen MR) is 160 cm³/mol. The van der Waals surface area contributed by atoms with Crippen LogP contribution >= 0.6 is 11.6 Å². The van der Waals surface area contributed by atoms with Gasteiger partial charge in [0.05, 0.1) is 6.54 Å². The first kappa shape index (κ1) is 26.6. The fraction of sp³-hybridized carbons (Fsp3) is 0.333. The van der Waals surface area contributed by atoms with Gasteiger partial charge in [-0.15, -0.1) is 0 Å². The van der Waals surface area contributed by atoms with Gasteiger partial charge in [0.25, 0.3) is 5.91 Å². The van der Waals surface area contributed by atoms with Gasteiger partial charge in [-0.3, -0.25) is 9.69 Å². The van der Waals surface area contributed by atoms with Crippen LogP contribution in [0, 0.1) is 0 Å². The van der Waals surface area contributed by atoms with Crippen LogP contribution in [-0.4, -0.2) is 58.5 Å². The largest absolute Gasteiger partial charge is 0.345 e. The minimum absolute atomic E-state index is 0.00593.